The molecule has 3 N–H and O–H groups in total. The molecule has 0 radical (unpaired) electrons. The van der Waals surface area contributed by atoms with Crippen molar-refractivity contribution < 1.29 is 14.6 Å². The van der Waals surface area contributed by atoms with Crippen LogP contribution in [0, 0.1) is 5.92 Å². The number of benzene rings is 1. The van der Waals surface area contributed by atoms with Crippen LogP contribution in [0.4, 0.5) is 0 Å². The van der Waals surface area contributed by atoms with Gasteiger partial charge in [-0.3, -0.25) is 9.69 Å². The molecule has 0 spiro atoms. The summed E-state index contributed by atoms with van der Waals surface area (Å²) in [5, 5.41) is 10.7. The molecule has 2 rings (SSSR count). The Morgan fingerprint density at radius 3 is 2.59 bits per heavy atom. The third kappa shape index (κ3) is 4.04. The molecule has 5 nitrogen and oxygen atoms in total. The van der Waals surface area contributed by atoms with Crippen molar-refractivity contribution in [3.63, 3.8) is 0 Å². The minimum absolute atomic E-state index is 0.0684. The van der Waals surface area contributed by atoms with Crippen LogP contribution in [0.3, 0.4) is 0 Å². The van der Waals surface area contributed by atoms with Gasteiger partial charge in [0.05, 0.1) is 23.7 Å². The largest absolute Gasteiger partial charge is 0.508 e. The number of ether oxygens (including phenoxy) is 1. The fraction of sp³-hybridized carbons (Fsp3) is 0.533. The van der Waals surface area contributed by atoms with E-state index in [2.05, 4.69) is 4.74 Å². The summed E-state index contributed by atoms with van der Waals surface area (Å²) >= 11 is 11.9. The number of carbonyl (C=O) groups is 1. The zero-order chi connectivity index (χ0) is 16.3. The number of esters is 1. The molecular weight excluding hydrogens is 327 g/mol. The first kappa shape index (κ1) is 17.3. The van der Waals surface area contributed by atoms with Crippen molar-refractivity contribution in [1.82, 2.24) is 4.90 Å². The monoisotopic (exact) mass is 346 g/mol. The molecule has 1 atom stereocenters. The normalized spacial score (nSPS) is 18.2. The molecule has 1 aromatic carbocycles. The lowest BCUT2D eigenvalue weighted by Gasteiger charge is -2.34. The lowest BCUT2D eigenvalue weighted by molar-refractivity contribution is -0.142. The van der Waals surface area contributed by atoms with Crippen LogP contribution in [-0.2, 0) is 9.53 Å². The first-order valence-corrected chi connectivity index (χ1v) is 7.90. The molecule has 0 aromatic heterocycles. The number of phenolic OH excluding ortho intramolecular Hbond substituents is 1. The Morgan fingerprint density at radius 2 is 2.00 bits per heavy atom. The van der Waals surface area contributed by atoms with Gasteiger partial charge in [-0.1, -0.05) is 23.2 Å². The van der Waals surface area contributed by atoms with Crippen LogP contribution in [-0.4, -0.2) is 42.7 Å². The van der Waals surface area contributed by atoms with Gasteiger partial charge in [-0.2, -0.15) is 0 Å². The molecule has 1 aliphatic rings. The molecule has 1 unspecified atom stereocenters. The molecule has 0 bridgehead atoms. The molecule has 1 heterocycles. The number of phenols is 1. The predicted molar refractivity (Wildman–Crippen MR) is 86.2 cm³/mol. The minimum Gasteiger partial charge on any atom is -0.508 e. The van der Waals surface area contributed by atoms with Gasteiger partial charge in [-0.25, -0.2) is 0 Å². The van der Waals surface area contributed by atoms with Crippen molar-refractivity contribution in [3.05, 3.63) is 27.7 Å². The Labute approximate surface area is 139 Å². The lowest BCUT2D eigenvalue weighted by Crippen LogP contribution is -2.40. The maximum Gasteiger partial charge on any atom is 0.319 e. The molecule has 0 saturated carbocycles. The van der Waals surface area contributed by atoms with E-state index < -0.39 is 0 Å². The molecule has 1 aromatic rings. The van der Waals surface area contributed by atoms with Gasteiger partial charge in [0.25, 0.3) is 0 Å². The number of likely N-dealkylation sites (tertiary alicyclic amines) is 1. The van der Waals surface area contributed by atoms with Crippen molar-refractivity contribution >= 4 is 29.2 Å². The highest BCUT2D eigenvalue weighted by atomic mass is 35.5. The molecule has 122 valence electrons. The van der Waals surface area contributed by atoms with Crippen molar-refractivity contribution in [1.29, 1.82) is 0 Å². The van der Waals surface area contributed by atoms with Gasteiger partial charge in [0.2, 0.25) is 0 Å². The number of aromatic hydroxyl groups is 1. The number of nitrogens with zero attached hydrogens (tertiary/aromatic N) is 1. The van der Waals surface area contributed by atoms with E-state index in [-0.39, 0.29) is 23.7 Å². The average Bonchev–Trinajstić information content (AvgIpc) is 2.51. The van der Waals surface area contributed by atoms with Gasteiger partial charge in [-0.05, 0) is 37.9 Å². The first-order valence-electron chi connectivity index (χ1n) is 7.15. The summed E-state index contributed by atoms with van der Waals surface area (Å²) in [5.74, 6) is 0.0563. The second-order valence-electron chi connectivity index (χ2n) is 5.54. The van der Waals surface area contributed by atoms with Crippen LogP contribution in [0.25, 0.3) is 0 Å². The fourth-order valence-electron chi connectivity index (χ4n) is 2.79. The van der Waals surface area contributed by atoms with E-state index in [1.807, 2.05) is 4.90 Å². The van der Waals surface area contributed by atoms with Crippen LogP contribution in [0.2, 0.25) is 10.0 Å². The van der Waals surface area contributed by atoms with Gasteiger partial charge in [0, 0.05) is 17.7 Å². The van der Waals surface area contributed by atoms with Gasteiger partial charge < -0.3 is 15.6 Å². The highest BCUT2D eigenvalue weighted by molar-refractivity contribution is 6.42. The van der Waals surface area contributed by atoms with Crippen molar-refractivity contribution in [3.8, 4) is 5.75 Å². The van der Waals surface area contributed by atoms with Crippen molar-refractivity contribution in [2.24, 2.45) is 11.7 Å². The number of hydrogen-bond acceptors (Lipinski definition) is 5. The third-order valence-electron chi connectivity index (χ3n) is 4.15. The zero-order valence-electron chi connectivity index (χ0n) is 12.4. The topological polar surface area (TPSA) is 75.8 Å². The Balaban J connectivity index is 1.99. The first-order chi connectivity index (χ1) is 10.4. The SMILES string of the molecule is COC(=O)CN1CCC(C(N)c2cc(Cl)c(Cl)cc2O)CC1. The van der Waals surface area contributed by atoms with Gasteiger partial charge in [-0.15, -0.1) is 0 Å². The number of piperidine rings is 1. The number of carbonyl (C=O) groups excluding carboxylic acids is 1. The molecule has 1 aliphatic heterocycles. The minimum atomic E-state index is -0.310. The molecule has 7 heteroatoms. The van der Waals surface area contributed by atoms with E-state index in [9.17, 15) is 9.90 Å². The molecule has 1 saturated heterocycles. The predicted octanol–water partition coefficient (Wildman–Crippen LogP) is 2.58. The van der Waals surface area contributed by atoms with Gasteiger partial charge in [0.1, 0.15) is 5.75 Å². The Bertz CT molecular complexity index is 546. The summed E-state index contributed by atoms with van der Waals surface area (Å²) in [6.45, 7) is 1.85. The van der Waals surface area contributed by atoms with E-state index in [0.717, 1.165) is 25.9 Å². The fourth-order valence-corrected chi connectivity index (χ4v) is 3.12. The van der Waals surface area contributed by atoms with E-state index in [1.54, 1.807) is 6.07 Å². The molecular formula is C15H20Cl2N2O3. The highest BCUT2D eigenvalue weighted by Crippen LogP contribution is 2.37. The zero-order valence-corrected chi connectivity index (χ0v) is 13.9. The summed E-state index contributed by atoms with van der Waals surface area (Å²) in [7, 11) is 1.39. The average molecular weight is 347 g/mol. The third-order valence-corrected chi connectivity index (χ3v) is 4.87. The van der Waals surface area contributed by atoms with E-state index in [4.69, 9.17) is 28.9 Å². The molecule has 1 fully saturated rings. The summed E-state index contributed by atoms with van der Waals surface area (Å²) in [6.07, 6.45) is 1.69. The number of hydrogen-bond donors (Lipinski definition) is 2. The molecule has 22 heavy (non-hydrogen) atoms. The number of halogens is 2. The maximum atomic E-state index is 11.3. The molecule has 0 aliphatic carbocycles. The second kappa shape index (κ2) is 7.51. The number of rotatable bonds is 4. The van der Waals surface area contributed by atoms with Crippen LogP contribution in [0.15, 0.2) is 12.1 Å². The smallest absolute Gasteiger partial charge is 0.319 e. The van der Waals surface area contributed by atoms with Crippen LogP contribution >= 0.6 is 23.2 Å². The molecule has 0 amide bonds. The highest BCUT2D eigenvalue weighted by Gasteiger charge is 2.28. The van der Waals surface area contributed by atoms with Crippen molar-refractivity contribution in [2.75, 3.05) is 26.7 Å². The quantitative estimate of drug-likeness (QED) is 0.819. The van der Waals surface area contributed by atoms with E-state index in [0.29, 0.717) is 22.2 Å². The Kier molecular flexibility index (Phi) is 5.92. The van der Waals surface area contributed by atoms with Crippen molar-refractivity contribution in [2.45, 2.75) is 18.9 Å². The van der Waals surface area contributed by atoms with Gasteiger partial charge >= 0.3 is 5.97 Å². The summed E-state index contributed by atoms with van der Waals surface area (Å²) in [6, 6.07) is 2.74. The van der Waals surface area contributed by atoms with E-state index >= 15 is 0 Å². The standard InChI is InChI=1S/C15H20Cl2N2O3/c1-22-14(21)8-19-4-2-9(3-5-19)15(18)10-6-11(16)12(17)7-13(10)20/h6-7,9,15,20H,2-5,8,18H2,1H3. The Hall–Kier alpha value is -1.01. The van der Waals surface area contributed by atoms with E-state index in [1.165, 1.54) is 13.2 Å². The summed E-state index contributed by atoms with van der Waals surface area (Å²) in [4.78, 5) is 13.3. The van der Waals surface area contributed by atoms with Gasteiger partial charge in [0.15, 0.2) is 0 Å². The lowest BCUT2D eigenvalue weighted by atomic mass is 9.85. The van der Waals surface area contributed by atoms with Crippen LogP contribution < -0.4 is 5.73 Å². The summed E-state index contributed by atoms with van der Waals surface area (Å²) in [5.41, 5.74) is 6.90. The Morgan fingerprint density at radius 1 is 1.41 bits per heavy atom. The maximum absolute atomic E-state index is 11.3. The number of methoxy groups -OCH3 is 1. The van der Waals surface area contributed by atoms with Crippen LogP contribution in [0.5, 0.6) is 5.75 Å². The second-order valence-corrected chi connectivity index (χ2v) is 6.36. The number of nitrogens with two attached hydrogens (primary N) is 1. The summed E-state index contributed by atoms with van der Waals surface area (Å²) < 4.78 is 4.67. The van der Waals surface area contributed by atoms with Crippen LogP contribution in [0.1, 0.15) is 24.4 Å².